The average Bonchev–Trinajstić information content (AvgIpc) is 3.42. The molecule has 4 rings (SSSR count). The van der Waals surface area contributed by atoms with Gasteiger partial charge in [0.05, 0.1) is 25.3 Å². The van der Waals surface area contributed by atoms with Gasteiger partial charge in [-0.15, -0.1) is 11.3 Å². The second kappa shape index (κ2) is 10.4. The molecule has 35 heavy (non-hydrogen) atoms. The zero-order chi connectivity index (χ0) is 24.9. The van der Waals surface area contributed by atoms with E-state index in [0.717, 1.165) is 10.4 Å². The van der Waals surface area contributed by atoms with Gasteiger partial charge >= 0.3 is 11.9 Å². The van der Waals surface area contributed by atoms with Crippen molar-refractivity contribution in [2.24, 2.45) is 0 Å². The molecule has 0 bridgehead atoms. The summed E-state index contributed by atoms with van der Waals surface area (Å²) in [5, 5.41) is 14.6. The minimum absolute atomic E-state index is 0.0404. The summed E-state index contributed by atoms with van der Waals surface area (Å²) in [4.78, 5) is 43.5. The van der Waals surface area contributed by atoms with Crippen LogP contribution in [0.15, 0.2) is 66.0 Å². The molecule has 0 saturated carbocycles. The molecule has 0 aliphatic heterocycles. The van der Waals surface area contributed by atoms with E-state index in [9.17, 15) is 19.5 Å². The van der Waals surface area contributed by atoms with E-state index in [1.165, 1.54) is 32.4 Å². The van der Waals surface area contributed by atoms with Gasteiger partial charge in [-0.1, -0.05) is 24.3 Å². The Hall–Kier alpha value is -4.24. The van der Waals surface area contributed by atoms with Gasteiger partial charge in [0.25, 0.3) is 5.91 Å². The van der Waals surface area contributed by atoms with Crippen LogP contribution in [0.25, 0.3) is 21.3 Å². The molecule has 178 valence electrons. The number of esters is 2. The maximum absolute atomic E-state index is 13.1. The third-order valence-electron chi connectivity index (χ3n) is 5.42. The van der Waals surface area contributed by atoms with Crippen molar-refractivity contribution in [3.8, 4) is 16.2 Å². The maximum Gasteiger partial charge on any atom is 0.338 e. The van der Waals surface area contributed by atoms with Crippen molar-refractivity contribution in [1.82, 2.24) is 10.3 Å². The van der Waals surface area contributed by atoms with E-state index in [1.807, 2.05) is 29.6 Å². The predicted octanol–water partition coefficient (Wildman–Crippen LogP) is 3.97. The number of nitrogens with one attached hydrogen (secondary N) is 1. The molecule has 9 heteroatoms. The van der Waals surface area contributed by atoms with Crippen LogP contribution >= 0.6 is 11.3 Å². The zero-order valence-corrected chi connectivity index (χ0v) is 19.8. The number of pyridine rings is 1. The molecule has 0 spiro atoms. The van der Waals surface area contributed by atoms with Gasteiger partial charge in [0.1, 0.15) is 17.5 Å². The molecule has 2 aromatic heterocycles. The number of amides is 1. The third kappa shape index (κ3) is 5.30. The highest BCUT2D eigenvalue weighted by Gasteiger charge is 2.25. The molecule has 2 N–H and O–H groups in total. The zero-order valence-electron chi connectivity index (χ0n) is 19.0. The monoisotopic (exact) mass is 490 g/mol. The second-order valence-electron chi connectivity index (χ2n) is 7.68. The maximum atomic E-state index is 13.1. The molecule has 0 saturated heterocycles. The summed E-state index contributed by atoms with van der Waals surface area (Å²) >= 11 is 1.57. The third-order valence-corrected chi connectivity index (χ3v) is 6.34. The number of carbonyl (C=O) groups excluding carboxylic acids is 3. The van der Waals surface area contributed by atoms with Gasteiger partial charge < -0.3 is 19.9 Å². The second-order valence-corrected chi connectivity index (χ2v) is 8.62. The van der Waals surface area contributed by atoms with E-state index < -0.39 is 23.9 Å². The molecule has 1 amide bonds. The van der Waals surface area contributed by atoms with E-state index in [1.54, 1.807) is 29.5 Å². The number of aromatic nitrogens is 1. The Morgan fingerprint density at radius 2 is 1.80 bits per heavy atom. The Kier molecular flexibility index (Phi) is 7.07. The molecule has 0 aliphatic rings. The van der Waals surface area contributed by atoms with Crippen molar-refractivity contribution in [2.75, 3.05) is 14.2 Å². The van der Waals surface area contributed by atoms with Gasteiger partial charge in [0, 0.05) is 16.7 Å². The Balaban J connectivity index is 1.68. The number of fused-ring (bicyclic) bond motifs is 1. The van der Waals surface area contributed by atoms with Gasteiger partial charge in [0.2, 0.25) is 0 Å². The van der Waals surface area contributed by atoms with Crippen LogP contribution in [-0.4, -0.2) is 48.2 Å². The van der Waals surface area contributed by atoms with Gasteiger partial charge in [-0.3, -0.25) is 4.79 Å². The molecule has 0 unspecified atom stereocenters. The number of phenolic OH excluding ortho intramolecular Hbond substituents is 1. The van der Waals surface area contributed by atoms with Gasteiger partial charge in [-0.05, 0) is 52.9 Å². The van der Waals surface area contributed by atoms with Crippen LogP contribution in [-0.2, 0) is 20.7 Å². The lowest BCUT2D eigenvalue weighted by Gasteiger charge is -2.17. The van der Waals surface area contributed by atoms with Crippen LogP contribution in [0.2, 0.25) is 0 Å². The fourth-order valence-corrected chi connectivity index (χ4v) is 4.38. The normalized spacial score (nSPS) is 11.6. The number of thiophene rings is 1. The summed E-state index contributed by atoms with van der Waals surface area (Å²) in [6.45, 7) is 0. The minimum atomic E-state index is -1.00. The summed E-state index contributed by atoms with van der Waals surface area (Å²) in [6.07, 6.45) is 0.139. The Morgan fingerprint density at radius 3 is 2.46 bits per heavy atom. The molecular formula is C26H22N2O6S. The fourth-order valence-electron chi connectivity index (χ4n) is 3.65. The lowest BCUT2D eigenvalue weighted by Crippen LogP contribution is -2.43. The number of ether oxygens (including phenoxy) is 2. The fraction of sp³-hybridized carbons (Fsp3) is 0.154. The first kappa shape index (κ1) is 23.9. The van der Waals surface area contributed by atoms with E-state index >= 15 is 0 Å². The van der Waals surface area contributed by atoms with Gasteiger partial charge in [-0.2, -0.15) is 0 Å². The molecule has 0 fully saturated rings. The largest absolute Gasteiger partial charge is 0.508 e. The molecule has 2 aromatic carbocycles. The van der Waals surface area contributed by atoms with Gasteiger partial charge in [0.15, 0.2) is 0 Å². The van der Waals surface area contributed by atoms with Crippen molar-refractivity contribution >= 4 is 40.1 Å². The number of benzene rings is 2. The number of phenols is 1. The SMILES string of the molecule is COC(=O)c1cc(C(=O)N[C@@H](Cc2ccc(O)cc2)C(=O)OC)nc2ccc(-c3cccs3)cc12. The molecule has 8 nitrogen and oxygen atoms in total. The first-order valence-electron chi connectivity index (χ1n) is 10.6. The van der Waals surface area contributed by atoms with Crippen molar-refractivity contribution in [3.63, 3.8) is 0 Å². The molecular weight excluding hydrogens is 468 g/mol. The smallest absolute Gasteiger partial charge is 0.338 e. The van der Waals surface area contributed by atoms with E-state index in [4.69, 9.17) is 9.47 Å². The highest BCUT2D eigenvalue weighted by Crippen LogP contribution is 2.29. The summed E-state index contributed by atoms with van der Waals surface area (Å²) in [7, 11) is 2.50. The van der Waals surface area contributed by atoms with Crippen molar-refractivity contribution in [3.05, 3.63) is 82.9 Å². The number of hydrogen-bond donors (Lipinski definition) is 2. The number of aromatic hydroxyl groups is 1. The van der Waals surface area contributed by atoms with Crippen LogP contribution in [0.5, 0.6) is 5.75 Å². The van der Waals surface area contributed by atoms with Crippen LogP contribution in [0.3, 0.4) is 0 Å². The van der Waals surface area contributed by atoms with E-state index in [0.29, 0.717) is 16.5 Å². The van der Waals surface area contributed by atoms with Crippen LogP contribution in [0.4, 0.5) is 0 Å². The lowest BCUT2D eigenvalue weighted by molar-refractivity contribution is -0.142. The molecule has 1 atom stereocenters. The Labute approximate surface area is 205 Å². The standard InChI is InChI=1S/C26H22N2O6S/c1-33-25(31)19-14-21(27-20-10-7-16(13-18(19)20)23-4-3-11-35-23)24(30)28-22(26(32)34-2)12-15-5-8-17(29)9-6-15/h3-11,13-14,22,29H,12H2,1-2H3,(H,28,30)/t22-/m0/s1. The summed E-state index contributed by atoms with van der Waals surface area (Å²) in [5.74, 6) is -1.80. The van der Waals surface area contributed by atoms with E-state index in [-0.39, 0.29) is 23.4 Å². The molecule has 0 aliphatic carbocycles. The minimum Gasteiger partial charge on any atom is -0.508 e. The number of hydrogen-bond acceptors (Lipinski definition) is 8. The van der Waals surface area contributed by atoms with Crippen molar-refractivity contribution in [2.45, 2.75) is 12.5 Å². The molecule has 4 aromatic rings. The Morgan fingerprint density at radius 1 is 1.03 bits per heavy atom. The molecule has 0 radical (unpaired) electrons. The Bertz CT molecular complexity index is 1380. The number of methoxy groups -OCH3 is 2. The topological polar surface area (TPSA) is 115 Å². The van der Waals surface area contributed by atoms with Crippen molar-refractivity contribution in [1.29, 1.82) is 0 Å². The molecule has 2 heterocycles. The highest BCUT2D eigenvalue weighted by molar-refractivity contribution is 7.13. The average molecular weight is 491 g/mol. The number of nitrogens with zero attached hydrogens (tertiary/aromatic N) is 1. The van der Waals surface area contributed by atoms with Crippen LogP contribution < -0.4 is 5.32 Å². The number of carbonyl (C=O) groups is 3. The predicted molar refractivity (Wildman–Crippen MR) is 131 cm³/mol. The highest BCUT2D eigenvalue weighted by atomic mass is 32.1. The lowest BCUT2D eigenvalue weighted by atomic mass is 10.0. The summed E-state index contributed by atoms with van der Waals surface area (Å²) < 4.78 is 9.79. The van der Waals surface area contributed by atoms with Crippen LogP contribution in [0, 0.1) is 0 Å². The summed E-state index contributed by atoms with van der Waals surface area (Å²) in [6, 6.07) is 16.0. The summed E-state index contributed by atoms with van der Waals surface area (Å²) in [5.41, 5.74) is 2.21. The number of rotatable bonds is 7. The van der Waals surface area contributed by atoms with Gasteiger partial charge in [-0.25, -0.2) is 14.6 Å². The van der Waals surface area contributed by atoms with E-state index in [2.05, 4.69) is 10.3 Å². The first-order chi connectivity index (χ1) is 16.9. The first-order valence-corrected chi connectivity index (χ1v) is 11.5. The quantitative estimate of drug-likeness (QED) is 0.377. The van der Waals surface area contributed by atoms with Crippen LogP contribution in [0.1, 0.15) is 26.4 Å². The van der Waals surface area contributed by atoms with Crippen molar-refractivity contribution < 1.29 is 29.0 Å².